The number of benzene rings is 2. The molecule has 1 fully saturated rings. The number of hydrogen-bond donors (Lipinski definition) is 3. The first-order valence-corrected chi connectivity index (χ1v) is 13.7. The van der Waals surface area contributed by atoms with Gasteiger partial charge in [-0.1, -0.05) is 70.2 Å². The molecule has 0 aromatic heterocycles. The maximum atomic E-state index is 13.6. The summed E-state index contributed by atoms with van der Waals surface area (Å²) in [5.41, 5.74) is 1.02. The van der Waals surface area contributed by atoms with E-state index in [1.807, 2.05) is 82.3 Å². The number of ketones is 1. The van der Waals surface area contributed by atoms with E-state index >= 15 is 0 Å². The Morgan fingerprint density at radius 3 is 1.92 bits per heavy atom. The van der Waals surface area contributed by atoms with E-state index in [0.717, 1.165) is 16.9 Å². The van der Waals surface area contributed by atoms with Crippen LogP contribution in [-0.2, 0) is 32.0 Å². The average molecular weight is 538 g/mol. The Morgan fingerprint density at radius 2 is 1.38 bits per heavy atom. The van der Waals surface area contributed by atoms with E-state index < -0.39 is 23.7 Å². The normalized spacial score (nSPS) is 18.8. The summed E-state index contributed by atoms with van der Waals surface area (Å²) in [6.45, 7) is 10.1. The molecular formula is C31H43N3O5. The summed E-state index contributed by atoms with van der Waals surface area (Å²) in [5.74, 6) is 0.135. The van der Waals surface area contributed by atoms with Gasteiger partial charge >= 0.3 is 0 Å². The van der Waals surface area contributed by atoms with Crippen LogP contribution < -0.4 is 20.7 Å². The van der Waals surface area contributed by atoms with Crippen LogP contribution >= 0.6 is 0 Å². The zero-order valence-electron chi connectivity index (χ0n) is 24.0. The Hall–Kier alpha value is -3.23. The van der Waals surface area contributed by atoms with Crippen molar-refractivity contribution < 1.29 is 23.9 Å². The first-order valence-electron chi connectivity index (χ1n) is 13.7. The topological polar surface area (TPSA) is 109 Å². The number of carbonyl (C=O) groups is 3. The van der Waals surface area contributed by atoms with Crippen molar-refractivity contribution in [2.45, 2.75) is 83.6 Å². The van der Waals surface area contributed by atoms with E-state index in [9.17, 15) is 14.4 Å². The number of Topliss-reactive ketones (excluding diaryl/α,β-unsaturated/α-hetero) is 1. The minimum absolute atomic E-state index is 0.0488. The molecule has 0 bridgehead atoms. The molecule has 212 valence electrons. The smallest absolute Gasteiger partial charge is 0.243 e. The standard InChI is InChI=1S/C31H43N3O5/c1-20(2)16-25(28(35)31(5)19-39-31)33-30(37)27(17-22-10-8-7-9-11-22)34-29(36)26(32-21(3)4)18-23-12-14-24(38-6)15-13-23/h7-15,20-21,25-27,32H,16-19H2,1-6H3,(H,33,37)(H,34,36)/t25?,26-,27-,31+/m0/s1. The molecule has 0 aliphatic carbocycles. The Bertz CT molecular complexity index is 1100. The van der Waals surface area contributed by atoms with Gasteiger partial charge in [0.25, 0.3) is 0 Å². The molecule has 3 rings (SSSR count). The molecule has 1 unspecified atom stereocenters. The van der Waals surface area contributed by atoms with Crippen molar-refractivity contribution in [2.75, 3.05) is 13.7 Å². The summed E-state index contributed by atoms with van der Waals surface area (Å²) < 4.78 is 10.6. The molecule has 1 saturated heterocycles. The third kappa shape index (κ3) is 9.18. The maximum absolute atomic E-state index is 13.6. The molecule has 0 spiro atoms. The number of methoxy groups -OCH3 is 1. The summed E-state index contributed by atoms with van der Waals surface area (Å²) in [7, 11) is 1.61. The second kappa shape index (κ2) is 13.7. The van der Waals surface area contributed by atoms with Gasteiger partial charge in [-0.05, 0) is 48.9 Å². The van der Waals surface area contributed by atoms with Crippen LogP contribution in [0.25, 0.3) is 0 Å². The van der Waals surface area contributed by atoms with Gasteiger partial charge in [0.05, 0.1) is 25.8 Å². The van der Waals surface area contributed by atoms with Crippen LogP contribution in [0, 0.1) is 5.92 Å². The first kappa shape index (κ1) is 30.3. The fourth-order valence-corrected chi connectivity index (χ4v) is 4.55. The van der Waals surface area contributed by atoms with Crippen LogP contribution in [0.4, 0.5) is 0 Å². The number of epoxide rings is 1. The minimum Gasteiger partial charge on any atom is -0.497 e. The molecule has 0 radical (unpaired) electrons. The summed E-state index contributed by atoms with van der Waals surface area (Å²) >= 11 is 0. The third-order valence-electron chi connectivity index (χ3n) is 6.80. The Kier molecular flexibility index (Phi) is 10.7. The fourth-order valence-electron chi connectivity index (χ4n) is 4.55. The Balaban J connectivity index is 1.80. The molecule has 8 nitrogen and oxygen atoms in total. The van der Waals surface area contributed by atoms with Crippen molar-refractivity contribution >= 4 is 17.6 Å². The summed E-state index contributed by atoms with van der Waals surface area (Å²) in [6, 6.07) is 15.1. The monoisotopic (exact) mass is 537 g/mol. The number of nitrogens with one attached hydrogen (secondary N) is 3. The quantitative estimate of drug-likeness (QED) is 0.301. The molecule has 1 aliphatic rings. The zero-order valence-corrected chi connectivity index (χ0v) is 24.0. The predicted octanol–water partition coefficient (Wildman–Crippen LogP) is 3.22. The van der Waals surface area contributed by atoms with Gasteiger partial charge in [0.1, 0.15) is 17.4 Å². The lowest BCUT2D eigenvalue weighted by atomic mass is 9.93. The highest BCUT2D eigenvalue weighted by atomic mass is 16.6. The van der Waals surface area contributed by atoms with Gasteiger partial charge in [0.15, 0.2) is 5.78 Å². The van der Waals surface area contributed by atoms with E-state index in [2.05, 4.69) is 16.0 Å². The van der Waals surface area contributed by atoms with Crippen molar-refractivity contribution in [3.05, 3.63) is 65.7 Å². The van der Waals surface area contributed by atoms with Crippen LogP contribution in [0.15, 0.2) is 54.6 Å². The van der Waals surface area contributed by atoms with E-state index in [1.54, 1.807) is 14.0 Å². The van der Waals surface area contributed by atoms with Crippen LogP contribution in [0.1, 0.15) is 52.2 Å². The van der Waals surface area contributed by atoms with E-state index in [-0.39, 0.29) is 29.6 Å². The van der Waals surface area contributed by atoms with Crippen molar-refractivity contribution in [3.63, 3.8) is 0 Å². The molecule has 4 atom stereocenters. The lowest BCUT2D eigenvalue weighted by molar-refractivity contribution is -0.133. The number of hydrogen-bond acceptors (Lipinski definition) is 6. The third-order valence-corrected chi connectivity index (χ3v) is 6.80. The largest absolute Gasteiger partial charge is 0.497 e. The van der Waals surface area contributed by atoms with Crippen LogP contribution in [0.2, 0.25) is 0 Å². The Morgan fingerprint density at radius 1 is 0.846 bits per heavy atom. The summed E-state index contributed by atoms with van der Waals surface area (Å²) in [6.07, 6.45) is 1.23. The molecule has 1 heterocycles. The van der Waals surface area contributed by atoms with Gasteiger partial charge in [-0.3, -0.25) is 14.4 Å². The summed E-state index contributed by atoms with van der Waals surface area (Å²) in [4.78, 5) is 40.4. The van der Waals surface area contributed by atoms with Crippen LogP contribution in [0.3, 0.4) is 0 Å². The van der Waals surface area contributed by atoms with Gasteiger partial charge in [-0.15, -0.1) is 0 Å². The second-order valence-electron chi connectivity index (χ2n) is 11.3. The number of amides is 2. The highest BCUT2D eigenvalue weighted by Crippen LogP contribution is 2.29. The fraction of sp³-hybridized carbons (Fsp3) is 0.516. The second-order valence-corrected chi connectivity index (χ2v) is 11.3. The summed E-state index contributed by atoms with van der Waals surface area (Å²) in [5, 5.41) is 9.26. The SMILES string of the molecule is COc1ccc(C[C@H](NC(C)C)C(=O)N[C@@H](Cc2ccccc2)C(=O)NC(CC(C)C)C(=O)[C@@]2(C)CO2)cc1. The molecule has 2 amide bonds. The minimum atomic E-state index is -0.859. The van der Waals surface area contributed by atoms with E-state index in [0.29, 0.717) is 25.9 Å². The van der Waals surface area contributed by atoms with Gasteiger partial charge in [-0.2, -0.15) is 0 Å². The first-order chi connectivity index (χ1) is 18.5. The molecule has 2 aromatic carbocycles. The Labute approximate surface area is 232 Å². The maximum Gasteiger partial charge on any atom is 0.243 e. The molecule has 0 saturated carbocycles. The van der Waals surface area contributed by atoms with E-state index in [1.165, 1.54) is 0 Å². The molecule has 39 heavy (non-hydrogen) atoms. The highest BCUT2D eigenvalue weighted by Gasteiger charge is 2.50. The van der Waals surface area contributed by atoms with E-state index in [4.69, 9.17) is 9.47 Å². The molecule has 3 N–H and O–H groups in total. The van der Waals surface area contributed by atoms with Crippen molar-refractivity contribution in [1.29, 1.82) is 0 Å². The molecule has 8 heteroatoms. The number of rotatable bonds is 15. The lowest BCUT2D eigenvalue weighted by Crippen LogP contribution is -2.57. The number of ether oxygens (including phenoxy) is 2. The lowest BCUT2D eigenvalue weighted by Gasteiger charge is -2.27. The van der Waals surface area contributed by atoms with Gasteiger partial charge in [0, 0.05) is 12.5 Å². The van der Waals surface area contributed by atoms with Crippen molar-refractivity contribution in [2.24, 2.45) is 5.92 Å². The molecule has 2 aromatic rings. The van der Waals surface area contributed by atoms with Crippen molar-refractivity contribution in [3.8, 4) is 5.75 Å². The average Bonchev–Trinajstić information content (AvgIpc) is 3.65. The zero-order chi connectivity index (χ0) is 28.6. The highest BCUT2D eigenvalue weighted by molar-refractivity contribution is 5.98. The van der Waals surface area contributed by atoms with Crippen LogP contribution in [-0.4, -0.2) is 61.1 Å². The van der Waals surface area contributed by atoms with Gasteiger partial charge in [-0.25, -0.2) is 0 Å². The van der Waals surface area contributed by atoms with Crippen molar-refractivity contribution in [1.82, 2.24) is 16.0 Å². The predicted molar refractivity (Wildman–Crippen MR) is 152 cm³/mol. The number of carbonyl (C=O) groups excluding carboxylic acids is 3. The van der Waals surface area contributed by atoms with Gasteiger partial charge in [0.2, 0.25) is 11.8 Å². The molecule has 1 aliphatic heterocycles. The van der Waals surface area contributed by atoms with Crippen LogP contribution in [0.5, 0.6) is 5.75 Å². The molecular weight excluding hydrogens is 494 g/mol. The van der Waals surface area contributed by atoms with Gasteiger partial charge < -0.3 is 25.4 Å².